The van der Waals surface area contributed by atoms with Gasteiger partial charge in [-0.25, -0.2) is 14.4 Å². The third-order valence-electron chi connectivity index (χ3n) is 8.07. The lowest BCUT2D eigenvalue weighted by molar-refractivity contribution is -0.120. The van der Waals surface area contributed by atoms with Gasteiger partial charge >= 0.3 is 0 Å². The fraction of sp³-hybridized carbons (Fsp3) is 0.448. The number of halogens is 1. The monoisotopic (exact) mass is 533 g/mol. The van der Waals surface area contributed by atoms with E-state index in [0.29, 0.717) is 49.1 Å². The maximum atomic E-state index is 14.8. The molecular formula is C29H32FN5O4. The zero-order valence-corrected chi connectivity index (χ0v) is 22.4. The van der Waals surface area contributed by atoms with Gasteiger partial charge in [0.25, 0.3) is 0 Å². The Bertz CT molecular complexity index is 1520. The minimum absolute atomic E-state index is 0.0714. The molecule has 3 aromatic heterocycles. The first-order chi connectivity index (χ1) is 18.9. The van der Waals surface area contributed by atoms with Crippen LogP contribution in [-0.4, -0.2) is 43.9 Å². The Labute approximate surface area is 225 Å². The van der Waals surface area contributed by atoms with E-state index < -0.39 is 5.82 Å². The number of aryl methyl sites for hydroxylation is 2. The first-order valence-corrected chi connectivity index (χ1v) is 13.5. The van der Waals surface area contributed by atoms with Crippen molar-refractivity contribution in [3.8, 4) is 16.9 Å². The third-order valence-corrected chi connectivity index (χ3v) is 8.07. The summed E-state index contributed by atoms with van der Waals surface area (Å²) >= 11 is 0. The molecule has 1 amide bonds. The largest absolute Gasteiger partial charge is 0.494 e. The highest BCUT2D eigenvalue weighted by Crippen LogP contribution is 2.41. The van der Waals surface area contributed by atoms with Crippen LogP contribution in [-0.2, 0) is 4.79 Å². The van der Waals surface area contributed by atoms with Crippen molar-refractivity contribution in [1.29, 1.82) is 0 Å². The zero-order valence-electron chi connectivity index (χ0n) is 22.4. The van der Waals surface area contributed by atoms with Gasteiger partial charge in [0.05, 0.1) is 24.9 Å². The van der Waals surface area contributed by atoms with E-state index >= 15 is 0 Å². The lowest BCUT2D eigenvalue weighted by Gasteiger charge is -2.37. The summed E-state index contributed by atoms with van der Waals surface area (Å²) in [5.74, 6) is 0.980. The van der Waals surface area contributed by atoms with E-state index in [1.807, 2.05) is 26.1 Å². The Morgan fingerprint density at radius 1 is 1.13 bits per heavy atom. The van der Waals surface area contributed by atoms with Gasteiger partial charge < -0.3 is 23.8 Å². The van der Waals surface area contributed by atoms with Gasteiger partial charge in [-0.15, -0.1) is 0 Å². The van der Waals surface area contributed by atoms with Crippen LogP contribution in [0.2, 0.25) is 0 Å². The van der Waals surface area contributed by atoms with E-state index in [-0.39, 0.29) is 29.8 Å². The summed E-state index contributed by atoms with van der Waals surface area (Å²) in [5.41, 5.74) is 4.46. The Hall–Kier alpha value is -3.79. The number of rotatable bonds is 5. The smallest absolute Gasteiger partial charge is 0.227 e. The standard InChI is InChI=1S/C29H32FN5O4/c1-16-27(17(2)39-33-16)18-13-23-28(31-15-18)35(19-7-10-21(36)11-8-19)29(32-23)24-5-4-6-26(37)34(24)20-9-12-25(38-3)22(30)14-20/h9,12-15,19,21,24,36H,4-8,10-11H2,1-3H3/t19?,21?,24-/m0/s1. The van der Waals surface area contributed by atoms with Crippen molar-refractivity contribution in [2.24, 2.45) is 0 Å². The Kier molecular flexibility index (Phi) is 6.58. The Morgan fingerprint density at radius 3 is 2.62 bits per heavy atom. The fourth-order valence-electron chi connectivity index (χ4n) is 6.19. The maximum absolute atomic E-state index is 14.8. The molecule has 1 atom stereocenters. The molecule has 1 saturated carbocycles. The van der Waals surface area contributed by atoms with Crippen LogP contribution in [0.5, 0.6) is 5.75 Å². The van der Waals surface area contributed by atoms with Gasteiger partial charge in [-0.05, 0) is 70.6 Å². The van der Waals surface area contributed by atoms with Crippen LogP contribution >= 0.6 is 0 Å². The van der Waals surface area contributed by atoms with Gasteiger partial charge in [-0.2, -0.15) is 0 Å². The number of methoxy groups -OCH3 is 1. The molecule has 0 radical (unpaired) electrons. The molecule has 4 heterocycles. The van der Waals surface area contributed by atoms with Crippen LogP contribution in [0.15, 0.2) is 35.0 Å². The second-order valence-electron chi connectivity index (χ2n) is 10.6. The lowest BCUT2D eigenvalue weighted by atomic mass is 9.92. The van der Waals surface area contributed by atoms with Gasteiger partial charge in [0.15, 0.2) is 17.2 Å². The number of fused-ring (bicyclic) bond motifs is 1. The number of carbonyl (C=O) groups excluding carboxylic acids is 1. The minimum atomic E-state index is -0.521. The second-order valence-corrected chi connectivity index (χ2v) is 10.6. The van der Waals surface area contributed by atoms with Crippen molar-refractivity contribution >= 4 is 22.8 Å². The van der Waals surface area contributed by atoms with Crippen LogP contribution < -0.4 is 9.64 Å². The van der Waals surface area contributed by atoms with Crippen LogP contribution in [0.3, 0.4) is 0 Å². The number of aliphatic hydroxyl groups excluding tert-OH is 1. The van der Waals surface area contributed by atoms with Crippen molar-refractivity contribution < 1.29 is 23.6 Å². The molecule has 10 heteroatoms. The first-order valence-electron chi connectivity index (χ1n) is 13.5. The van der Waals surface area contributed by atoms with Gasteiger partial charge in [0, 0.05) is 41.5 Å². The van der Waals surface area contributed by atoms with E-state index in [0.717, 1.165) is 41.1 Å². The quantitative estimate of drug-likeness (QED) is 0.357. The number of hydrogen-bond acceptors (Lipinski definition) is 7. The molecule has 0 spiro atoms. The summed E-state index contributed by atoms with van der Waals surface area (Å²) < 4.78 is 27.4. The highest BCUT2D eigenvalue weighted by atomic mass is 19.1. The molecule has 204 valence electrons. The summed E-state index contributed by atoms with van der Waals surface area (Å²) in [5, 5.41) is 14.3. The highest BCUT2D eigenvalue weighted by Gasteiger charge is 2.37. The molecule has 2 aliphatic rings. The summed E-state index contributed by atoms with van der Waals surface area (Å²) in [4.78, 5) is 25.0. The number of aromatic nitrogens is 4. The molecule has 0 bridgehead atoms. The van der Waals surface area contributed by atoms with Crippen LogP contribution in [0, 0.1) is 19.7 Å². The summed E-state index contributed by atoms with van der Waals surface area (Å²) in [6.07, 6.45) is 6.24. The van der Waals surface area contributed by atoms with Crippen molar-refractivity contribution in [3.05, 3.63) is 53.6 Å². The zero-order chi connectivity index (χ0) is 27.3. The molecule has 1 aromatic carbocycles. The number of hydrogen-bond donors (Lipinski definition) is 1. The molecule has 2 fully saturated rings. The molecule has 0 unspecified atom stereocenters. The normalized spacial score (nSPS) is 22.0. The van der Waals surface area contributed by atoms with E-state index in [1.54, 1.807) is 17.0 Å². The topological polar surface area (TPSA) is 107 Å². The number of benzene rings is 1. The molecule has 1 aliphatic heterocycles. The molecule has 1 saturated heterocycles. The van der Waals surface area contributed by atoms with E-state index in [4.69, 9.17) is 19.2 Å². The number of pyridine rings is 1. The average Bonchev–Trinajstić information content (AvgIpc) is 3.47. The molecule has 39 heavy (non-hydrogen) atoms. The SMILES string of the molecule is COc1ccc(N2C(=O)CCC[C@H]2c2nc3cc(-c4c(C)noc4C)cnc3n2C2CCC(O)CC2)cc1F. The predicted molar refractivity (Wildman–Crippen MR) is 143 cm³/mol. The number of amides is 1. The lowest BCUT2D eigenvalue weighted by Crippen LogP contribution is -2.40. The number of anilines is 1. The maximum Gasteiger partial charge on any atom is 0.227 e. The van der Waals surface area contributed by atoms with Crippen molar-refractivity contribution in [2.45, 2.75) is 77.0 Å². The van der Waals surface area contributed by atoms with E-state index in [1.165, 1.54) is 13.2 Å². The number of aliphatic hydroxyl groups is 1. The van der Waals surface area contributed by atoms with Crippen LogP contribution in [0.25, 0.3) is 22.3 Å². The minimum Gasteiger partial charge on any atom is -0.494 e. The molecule has 4 aromatic rings. The summed E-state index contributed by atoms with van der Waals surface area (Å²) in [6.45, 7) is 3.77. The molecule has 6 rings (SSSR count). The number of piperidine rings is 1. The first kappa shape index (κ1) is 25.5. The number of carbonyl (C=O) groups is 1. The summed E-state index contributed by atoms with van der Waals surface area (Å²) in [6, 6.07) is 6.31. The number of ether oxygens (including phenoxy) is 1. The highest BCUT2D eigenvalue weighted by molar-refractivity contribution is 5.95. The van der Waals surface area contributed by atoms with Crippen molar-refractivity contribution in [3.63, 3.8) is 0 Å². The average molecular weight is 534 g/mol. The molecule has 1 aliphatic carbocycles. The molecular weight excluding hydrogens is 501 g/mol. The van der Waals surface area contributed by atoms with Gasteiger partial charge in [-0.1, -0.05) is 5.16 Å². The van der Waals surface area contributed by atoms with Gasteiger partial charge in [0.2, 0.25) is 5.91 Å². The predicted octanol–water partition coefficient (Wildman–Crippen LogP) is 5.59. The van der Waals surface area contributed by atoms with Crippen LogP contribution in [0.4, 0.5) is 10.1 Å². The Balaban J connectivity index is 1.50. The van der Waals surface area contributed by atoms with Gasteiger partial charge in [0.1, 0.15) is 17.1 Å². The third kappa shape index (κ3) is 4.46. The van der Waals surface area contributed by atoms with Crippen LogP contribution in [0.1, 0.15) is 74.3 Å². The second kappa shape index (κ2) is 10.1. The molecule has 1 N–H and O–H groups in total. The van der Waals surface area contributed by atoms with Crippen molar-refractivity contribution in [2.75, 3.05) is 12.0 Å². The van der Waals surface area contributed by atoms with E-state index in [9.17, 15) is 14.3 Å². The van der Waals surface area contributed by atoms with Gasteiger partial charge in [-0.3, -0.25) is 4.79 Å². The number of nitrogens with zero attached hydrogens (tertiary/aromatic N) is 5. The number of imidazole rings is 1. The fourth-order valence-corrected chi connectivity index (χ4v) is 6.19. The summed E-state index contributed by atoms with van der Waals surface area (Å²) in [7, 11) is 1.42. The Morgan fingerprint density at radius 2 is 1.92 bits per heavy atom. The molecule has 9 nitrogen and oxygen atoms in total. The van der Waals surface area contributed by atoms with E-state index in [2.05, 4.69) is 9.72 Å². The van der Waals surface area contributed by atoms with Crippen molar-refractivity contribution in [1.82, 2.24) is 19.7 Å².